The topological polar surface area (TPSA) is 76.9 Å². The Morgan fingerprint density at radius 2 is 1.67 bits per heavy atom. The Bertz CT molecular complexity index is 1490. The summed E-state index contributed by atoms with van der Waals surface area (Å²) in [5.41, 5.74) is 3.47. The third-order valence-electron chi connectivity index (χ3n) is 5.58. The van der Waals surface area contributed by atoms with Crippen LogP contribution >= 0.6 is 11.3 Å². The molecule has 164 valence electrons. The van der Waals surface area contributed by atoms with Gasteiger partial charge in [0.05, 0.1) is 26.1 Å². The van der Waals surface area contributed by atoms with Gasteiger partial charge in [0.1, 0.15) is 5.82 Å². The van der Waals surface area contributed by atoms with Gasteiger partial charge in [0, 0.05) is 32.0 Å². The molecule has 0 saturated carbocycles. The van der Waals surface area contributed by atoms with E-state index >= 15 is 0 Å². The predicted octanol–water partition coefficient (Wildman–Crippen LogP) is 4.71. The summed E-state index contributed by atoms with van der Waals surface area (Å²) in [6.45, 7) is 0. The van der Waals surface area contributed by atoms with Crippen molar-refractivity contribution in [3.8, 4) is 0 Å². The Morgan fingerprint density at radius 1 is 0.939 bits per heavy atom. The third-order valence-corrected chi connectivity index (χ3v) is 6.62. The molecule has 2 aromatic heterocycles. The first-order valence-corrected chi connectivity index (χ1v) is 11.6. The van der Waals surface area contributed by atoms with Crippen LogP contribution in [0, 0.1) is 0 Å². The monoisotopic (exact) mass is 454 g/mol. The summed E-state index contributed by atoms with van der Waals surface area (Å²) in [4.78, 5) is 34.2. The number of fused-ring (bicyclic) bond motifs is 2. The van der Waals surface area contributed by atoms with Crippen molar-refractivity contribution in [1.82, 2.24) is 14.5 Å². The summed E-state index contributed by atoms with van der Waals surface area (Å²) in [7, 11) is 1.69. The maximum absolute atomic E-state index is 12.5. The molecule has 6 nitrogen and oxygen atoms in total. The average molecular weight is 455 g/mol. The molecular weight excluding hydrogens is 432 g/mol. The molecule has 5 rings (SSSR count). The molecule has 0 bridgehead atoms. The lowest BCUT2D eigenvalue weighted by molar-refractivity contribution is -0.116. The zero-order chi connectivity index (χ0) is 22.8. The smallest absolute Gasteiger partial charge is 0.261 e. The molecule has 3 aromatic carbocycles. The van der Waals surface area contributed by atoms with Crippen molar-refractivity contribution in [2.75, 3.05) is 5.32 Å². The number of benzene rings is 3. The van der Waals surface area contributed by atoms with Gasteiger partial charge in [0.25, 0.3) is 5.56 Å². The zero-order valence-electron chi connectivity index (χ0n) is 18.1. The highest BCUT2D eigenvalue weighted by molar-refractivity contribution is 7.18. The number of carbonyl (C=O) groups is 1. The van der Waals surface area contributed by atoms with Crippen molar-refractivity contribution in [1.29, 1.82) is 0 Å². The Labute approximate surface area is 194 Å². The van der Waals surface area contributed by atoms with Gasteiger partial charge in [0.2, 0.25) is 5.91 Å². The van der Waals surface area contributed by atoms with Crippen LogP contribution in [0.5, 0.6) is 0 Å². The molecule has 33 heavy (non-hydrogen) atoms. The van der Waals surface area contributed by atoms with Crippen LogP contribution in [0.15, 0.2) is 77.6 Å². The number of aryl methyl sites for hydroxylation is 1. The number of nitrogens with zero attached hydrogens (tertiary/aromatic N) is 3. The molecule has 5 aromatic rings. The summed E-state index contributed by atoms with van der Waals surface area (Å²) in [5.74, 6) is 0.483. The van der Waals surface area contributed by atoms with E-state index < -0.39 is 0 Å². The minimum absolute atomic E-state index is 0.0975. The van der Waals surface area contributed by atoms with Crippen LogP contribution in [0.3, 0.4) is 0 Å². The number of hydrogen-bond donors (Lipinski definition) is 1. The number of rotatable bonds is 6. The molecule has 0 spiro atoms. The number of hydrogen-bond acceptors (Lipinski definition) is 5. The largest absolute Gasteiger partial charge is 0.326 e. The lowest BCUT2D eigenvalue weighted by Gasteiger charge is -2.10. The number of aromatic nitrogens is 3. The molecule has 0 aliphatic carbocycles. The fraction of sp³-hybridized carbons (Fsp3) is 0.154. The minimum atomic E-state index is -0.115. The van der Waals surface area contributed by atoms with E-state index in [1.54, 1.807) is 24.5 Å². The molecule has 0 aliphatic heterocycles. The van der Waals surface area contributed by atoms with Gasteiger partial charge in [-0.2, -0.15) is 0 Å². The van der Waals surface area contributed by atoms with E-state index in [1.807, 2.05) is 60.7 Å². The van der Waals surface area contributed by atoms with E-state index in [-0.39, 0.29) is 17.9 Å². The van der Waals surface area contributed by atoms with Crippen molar-refractivity contribution >= 4 is 44.1 Å². The van der Waals surface area contributed by atoms with Crippen LogP contribution < -0.4 is 10.9 Å². The quantitative estimate of drug-likeness (QED) is 0.403. The van der Waals surface area contributed by atoms with Gasteiger partial charge in [-0.1, -0.05) is 36.4 Å². The summed E-state index contributed by atoms with van der Waals surface area (Å²) in [6, 6.07) is 23.2. The van der Waals surface area contributed by atoms with Gasteiger partial charge in [-0.15, -0.1) is 11.3 Å². The van der Waals surface area contributed by atoms with E-state index in [2.05, 4.69) is 21.4 Å². The zero-order valence-corrected chi connectivity index (χ0v) is 18.9. The summed E-state index contributed by atoms with van der Waals surface area (Å²) in [6.07, 6.45) is 1.39. The molecule has 2 heterocycles. The Balaban J connectivity index is 1.21. The number of thiazole rings is 1. The number of nitrogens with one attached hydrogen (secondary N) is 1. The normalized spacial score (nSPS) is 11.2. The first-order chi connectivity index (χ1) is 16.1. The van der Waals surface area contributed by atoms with Crippen LogP contribution in [-0.2, 0) is 24.7 Å². The van der Waals surface area contributed by atoms with Gasteiger partial charge < -0.3 is 5.32 Å². The van der Waals surface area contributed by atoms with E-state index in [1.165, 1.54) is 9.27 Å². The van der Waals surface area contributed by atoms with Gasteiger partial charge >= 0.3 is 0 Å². The first kappa shape index (κ1) is 21.0. The first-order valence-electron chi connectivity index (χ1n) is 10.7. The van der Waals surface area contributed by atoms with Crippen molar-refractivity contribution < 1.29 is 4.79 Å². The summed E-state index contributed by atoms with van der Waals surface area (Å²) in [5, 5.41) is 4.58. The van der Waals surface area contributed by atoms with Gasteiger partial charge in [-0.05, 0) is 42.0 Å². The Kier molecular flexibility index (Phi) is 5.71. The molecular formula is C26H22N4O2S. The maximum Gasteiger partial charge on any atom is 0.261 e. The lowest BCUT2D eigenvalue weighted by Crippen LogP contribution is -2.23. The molecule has 0 aliphatic rings. The molecule has 7 heteroatoms. The standard InChI is InChI=1S/C26H22N4O2S/c1-30-23(28-20-7-3-2-6-19(20)26(30)32)14-15-24(31)27-18-12-10-17(11-13-18)16-25-29-21-8-4-5-9-22(21)33-25/h2-13H,14-16H2,1H3,(H,27,31). The SMILES string of the molecule is Cn1c(CCC(=O)Nc2ccc(Cc3nc4ccccc4s3)cc2)nc2ccccc2c1=O. The fourth-order valence-corrected chi connectivity index (χ4v) is 4.81. The number of carbonyl (C=O) groups excluding carboxylic acids is 1. The Morgan fingerprint density at radius 3 is 2.45 bits per heavy atom. The second-order valence-corrected chi connectivity index (χ2v) is 9.02. The highest BCUT2D eigenvalue weighted by Crippen LogP contribution is 2.24. The Hall–Kier alpha value is -3.84. The summed E-state index contributed by atoms with van der Waals surface area (Å²) >= 11 is 1.70. The fourth-order valence-electron chi connectivity index (χ4n) is 3.81. The second-order valence-electron chi connectivity index (χ2n) is 7.91. The molecule has 0 fully saturated rings. The summed E-state index contributed by atoms with van der Waals surface area (Å²) < 4.78 is 2.71. The van der Waals surface area contributed by atoms with E-state index in [9.17, 15) is 9.59 Å². The third kappa shape index (κ3) is 4.54. The van der Waals surface area contributed by atoms with Crippen LogP contribution in [0.1, 0.15) is 22.8 Å². The molecule has 1 N–H and O–H groups in total. The van der Waals surface area contributed by atoms with Gasteiger partial charge in [0.15, 0.2) is 0 Å². The highest BCUT2D eigenvalue weighted by Gasteiger charge is 2.11. The molecule has 0 unspecified atom stereocenters. The van der Waals surface area contributed by atoms with Gasteiger partial charge in [-0.3, -0.25) is 14.2 Å². The maximum atomic E-state index is 12.5. The highest BCUT2D eigenvalue weighted by atomic mass is 32.1. The van der Waals surface area contributed by atoms with Gasteiger partial charge in [-0.25, -0.2) is 9.97 Å². The van der Waals surface area contributed by atoms with Crippen molar-refractivity contribution in [3.05, 3.63) is 99.5 Å². The average Bonchev–Trinajstić information content (AvgIpc) is 3.24. The molecule has 0 radical (unpaired) electrons. The molecule has 1 amide bonds. The van der Waals surface area contributed by atoms with Crippen LogP contribution in [0.25, 0.3) is 21.1 Å². The van der Waals surface area contributed by atoms with E-state index in [4.69, 9.17) is 0 Å². The van der Waals surface area contributed by atoms with Crippen LogP contribution in [0.2, 0.25) is 0 Å². The van der Waals surface area contributed by atoms with E-state index in [0.29, 0.717) is 23.1 Å². The van der Waals surface area contributed by atoms with Crippen LogP contribution in [0.4, 0.5) is 5.69 Å². The minimum Gasteiger partial charge on any atom is -0.326 e. The second kappa shape index (κ2) is 8.96. The lowest BCUT2D eigenvalue weighted by atomic mass is 10.1. The van der Waals surface area contributed by atoms with Crippen molar-refractivity contribution in [3.63, 3.8) is 0 Å². The molecule has 0 saturated heterocycles. The number of para-hydroxylation sites is 2. The number of anilines is 1. The van der Waals surface area contributed by atoms with Crippen molar-refractivity contribution in [2.24, 2.45) is 7.05 Å². The van der Waals surface area contributed by atoms with Crippen molar-refractivity contribution in [2.45, 2.75) is 19.3 Å². The van der Waals surface area contributed by atoms with E-state index in [0.717, 1.165) is 28.2 Å². The van der Waals surface area contributed by atoms with Crippen LogP contribution in [-0.4, -0.2) is 20.4 Å². The predicted molar refractivity (Wildman–Crippen MR) is 133 cm³/mol. The molecule has 0 atom stereocenters. The number of amides is 1.